The van der Waals surface area contributed by atoms with E-state index < -0.39 is 0 Å². The van der Waals surface area contributed by atoms with Crippen LogP contribution in [-0.4, -0.2) is 13.2 Å². The molecule has 0 fully saturated rings. The van der Waals surface area contributed by atoms with Crippen molar-refractivity contribution in [2.75, 3.05) is 13.2 Å². The van der Waals surface area contributed by atoms with Gasteiger partial charge in [0.2, 0.25) is 0 Å². The summed E-state index contributed by atoms with van der Waals surface area (Å²) >= 11 is 0. The molecule has 0 spiro atoms. The van der Waals surface area contributed by atoms with Crippen LogP contribution >= 0.6 is 0 Å². The van der Waals surface area contributed by atoms with Gasteiger partial charge in [-0.1, -0.05) is 36.8 Å². The Labute approximate surface area is 121 Å². The van der Waals surface area contributed by atoms with Gasteiger partial charge in [-0.2, -0.15) is 0 Å². The minimum atomic E-state index is 0.554. The van der Waals surface area contributed by atoms with Crippen LogP contribution in [0.4, 0.5) is 0 Å². The molecule has 106 valence electrons. The summed E-state index contributed by atoms with van der Waals surface area (Å²) in [5, 5.41) is 0. The Hall–Kier alpha value is -1.96. The van der Waals surface area contributed by atoms with Gasteiger partial charge in [-0.15, -0.1) is 0 Å². The highest BCUT2D eigenvalue weighted by atomic mass is 16.5. The summed E-state index contributed by atoms with van der Waals surface area (Å²) in [5.74, 6) is 1.83. The summed E-state index contributed by atoms with van der Waals surface area (Å²) in [6, 6.07) is 14.4. The van der Waals surface area contributed by atoms with Gasteiger partial charge in [0.15, 0.2) is 0 Å². The van der Waals surface area contributed by atoms with E-state index in [0.29, 0.717) is 13.2 Å². The van der Waals surface area contributed by atoms with Gasteiger partial charge in [-0.25, -0.2) is 0 Å². The van der Waals surface area contributed by atoms with Crippen LogP contribution in [0.1, 0.15) is 23.6 Å². The normalized spacial score (nSPS) is 10.3. The lowest BCUT2D eigenvalue weighted by Crippen LogP contribution is -2.09. The predicted molar refractivity (Wildman–Crippen MR) is 82.7 cm³/mol. The average molecular weight is 270 g/mol. The van der Waals surface area contributed by atoms with Gasteiger partial charge < -0.3 is 9.47 Å². The van der Waals surface area contributed by atoms with Gasteiger partial charge in [-0.05, 0) is 49.6 Å². The van der Waals surface area contributed by atoms with E-state index >= 15 is 0 Å². The highest BCUT2D eigenvalue weighted by Gasteiger charge is 2.00. The fourth-order valence-corrected chi connectivity index (χ4v) is 2.09. The van der Waals surface area contributed by atoms with E-state index in [1.54, 1.807) is 0 Å². The molecule has 0 aliphatic rings. The molecule has 2 rings (SSSR count). The number of benzene rings is 2. The number of ether oxygens (including phenoxy) is 2. The fourth-order valence-electron chi connectivity index (χ4n) is 2.09. The highest BCUT2D eigenvalue weighted by Crippen LogP contribution is 2.18. The van der Waals surface area contributed by atoms with Crippen LogP contribution in [-0.2, 0) is 6.42 Å². The van der Waals surface area contributed by atoms with Crippen molar-refractivity contribution >= 4 is 0 Å². The molecule has 0 atom stereocenters. The second-order valence-electron chi connectivity index (χ2n) is 4.96. The third kappa shape index (κ3) is 4.02. The molecule has 0 heterocycles. The van der Waals surface area contributed by atoms with E-state index in [1.165, 1.54) is 11.1 Å². The summed E-state index contributed by atoms with van der Waals surface area (Å²) in [6.45, 7) is 7.40. The molecule has 0 radical (unpaired) electrons. The van der Waals surface area contributed by atoms with Crippen LogP contribution in [0.2, 0.25) is 0 Å². The lowest BCUT2D eigenvalue weighted by atomic mass is 10.1. The molecule has 0 aromatic heterocycles. The molecule has 0 unspecified atom stereocenters. The van der Waals surface area contributed by atoms with Crippen LogP contribution in [0.25, 0.3) is 0 Å². The standard InChI is InChI=1S/C18H22O2/c1-4-16-6-8-17(9-7-16)19-11-12-20-18-10-5-14(2)13-15(18)3/h5-10,13H,4,11-12H2,1-3H3. The maximum absolute atomic E-state index is 5.73. The van der Waals surface area contributed by atoms with Crippen molar-refractivity contribution in [2.24, 2.45) is 0 Å². The Morgan fingerprint density at radius 3 is 2.20 bits per heavy atom. The number of aryl methyl sites for hydroxylation is 3. The van der Waals surface area contributed by atoms with Crippen molar-refractivity contribution in [2.45, 2.75) is 27.2 Å². The minimum absolute atomic E-state index is 0.554. The third-order valence-electron chi connectivity index (χ3n) is 3.27. The zero-order chi connectivity index (χ0) is 14.4. The molecule has 0 aliphatic heterocycles. The molecule has 2 nitrogen and oxygen atoms in total. The molecule has 20 heavy (non-hydrogen) atoms. The Morgan fingerprint density at radius 1 is 0.850 bits per heavy atom. The molecule has 2 aromatic rings. The first kappa shape index (κ1) is 14.4. The van der Waals surface area contributed by atoms with Gasteiger partial charge >= 0.3 is 0 Å². The van der Waals surface area contributed by atoms with Crippen molar-refractivity contribution < 1.29 is 9.47 Å². The zero-order valence-corrected chi connectivity index (χ0v) is 12.5. The van der Waals surface area contributed by atoms with Crippen LogP contribution < -0.4 is 9.47 Å². The number of hydrogen-bond acceptors (Lipinski definition) is 2. The summed E-state index contributed by atoms with van der Waals surface area (Å²) in [7, 11) is 0. The SMILES string of the molecule is CCc1ccc(OCCOc2ccc(C)cc2C)cc1. The molecule has 2 aromatic carbocycles. The van der Waals surface area contributed by atoms with E-state index in [1.807, 2.05) is 18.2 Å². The van der Waals surface area contributed by atoms with Crippen LogP contribution in [0.15, 0.2) is 42.5 Å². The van der Waals surface area contributed by atoms with Crippen molar-refractivity contribution in [3.05, 3.63) is 59.2 Å². The van der Waals surface area contributed by atoms with Gasteiger partial charge in [0.25, 0.3) is 0 Å². The summed E-state index contributed by atoms with van der Waals surface area (Å²) in [6.07, 6.45) is 1.05. The first-order chi connectivity index (χ1) is 9.69. The zero-order valence-electron chi connectivity index (χ0n) is 12.5. The monoisotopic (exact) mass is 270 g/mol. The highest BCUT2D eigenvalue weighted by molar-refractivity contribution is 5.35. The van der Waals surface area contributed by atoms with E-state index in [0.717, 1.165) is 23.5 Å². The Balaban J connectivity index is 1.78. The summed E-state index contributed by atoms with van der Waals surface area (Å²) in [4.78, 5) is 0. The Morgan fingerprint density at radius 2 is 1.55 bits per heavy atom. The van der Waals surface area contributed by atoms with Crippen LogP contribution in [0, 0.1) is 13.8 Å². The van der Waals surface area contributed by atoms with Crippen molar-refractivity contribution in [3.8, 4) is 11.5 Å². The fraction of sp³-hybridized carbons (Fsp3) is 0.333. The Kier molecular flexibility index (Phi) is 5.05. The molecule has 2 heteroatoms. The van der Waals surface area contributed by atoms with E-state index in [-0.39, 0.29) is 0 Å². The number of rotatable bonds is 6. The van der Waals surface area contributed by atoms with Crippen molar-refractivity contribution in [1.82, 2.24) is 0 Å². The van der Waals surface area contributed by atoms with E-state index in [2.05, 4.69) is 45.0 Å². The van der Waals surface area contributed by atoms with Crippen LogP contribution in [0.5, 0.6) is 11.5 Å². The minimum Gasteiger partial charge on any atom is -0.490 e. The predicted octanol–water partition coefficient (Wildman–Crippen LogP) is 4.32. The smallest absolute Gasteiger partial charge is 0.122 e. The van der Waals surface area contributed by atoms with Gasteiger partial charge in [0, 0.05) is 0 Å². The van der Waals surface area contributed by atoms with Gasteiger partial charge in [-0.3, -0.25) is 0 Å². The van der Waals surface area contributed by atoms with Gasteiger partial charge in [0.1, 0.15) is 24.7 Å². The molecule has 0 aliphatic carbocycles. The molecule has 0 bridgehead atoms. The van der Waals surface area contributed by atoms with E-state index in [4.69, 9.17) is 9.47 Å². The first-order valence-corrected chi connectivity index (χ1v) is 7.11. The molecular formula is C18H22O2. The lowest BCUT2D eigenvalue weighted by molar-refractivity contribution is 0.216. The molecule has 0 saturated heterocycles. The summed E-state index contributed by atoms with van der Waals surface area (Å²) in [5.41, 5.74) is 3.74. The topological polar surface area (TPSA) is 18.5 Å². The Bertz CT molecular complexity index is 544. The maximum atomic E-state index is 5.73. The second-order valence-corrected chi connectivity index (χ2v) is 4.96. The van der Waals surface area contributed by atoms with Crippen molar-refractivity contribution in [1.29, 1.82) is 0 Å². The summed E-state index contributed by atoms with van der Waals surface area (Å²) < 4.78 is 11.4. The van der Waals surface area contributed by atoms with E-state index in [9.17, 15) is 0 Å². The average Bonchev–Trinajstić information content (AvgIpc) is 2.46. The second kappa shape index (κ2) is 6.99. The first-order valence-electron chi connectivity index (χ1n) is 7.11. The molecule has 0 saturated carbocycles. The van der Waals surface area contributed by atoms with Crippen LogP contribution in [0.3, 0.4) is 0 Å². The van der Waals surface area contributed by atoms with Crippen molar-refractivity contribution in [3.63, 3.8) is 0 Å². The molecule has 0 amide bonds. The van der Waals surface area contributed by atoms with Gasteiger partial charge in [0.05, 0.1) is 0 Å². The third-order valence-corrected chi connectivity index (χ3v) is 3.27. The maximum Gasteiger partial charge on any atom is 0.122 e. The number of hydrogen-bond donors (Lipinski definition) is 0. The molecular weight excluding hydrogens is 248 g/mol. The quantitative estimate of drug-likeness (QED) is 0.728. The lowest BCUT2D eigenvalue weighted by Gasteiger charge is -2.11. The molecule has 0 N–H and O–H groups in total. The largest absolute Gasteiger partial charge is 0.490 e.